The summed E-state index contributed by atoms with van der Waals surface area (Å²) in [6.45, 7) is 4.91. The van der Waals surface area contributed by atoms with Crippen LogP contribution in [0.2, 0.25) is 0 Å². The van der Waals surface area contributed by atoms with Crippen molar-refractivity contribution >= 4 is 5.95 Å². The van der Waals surface area contributed by atoms with Crippen molar-refractivity contribution in [1.29, 1.82) is 0 Å². The Morgan fingerprint density at radius 2 is 2.26 bits per heavy atom. The molecule has 0 bridgehead atoms. The van der Waals surface area contributed by atoms with Crippen molar-refractivity contribution in [2.75, 3.05) is 25.4 Å². The lowest BCUT2D eigenvalue weighted by molar-refractivity contribution is -0.0542. The van der Waals surface area contributed by atoms with E-state index < -0.39 is 0 Å². The minimum absolute atomic E-state index is 0.0599. The number of ether oxygens (including phenoxy) is 1. The third-order valence-corrected chi connectivity index (χ3v) is 3.87. The molecule has 1 aromatic rings. The maximum Gasteiger partial charge on any atom is 0.223 e. The summed E-state index contributed by atoms with van der Waals surface area (Å²) in [5.74, 6) is 1.78. The molecule has 0 radical (unpaired) electrons. The highest BCUT2D eigenvalue weighted by Crippen LogP contribution is 2.28. The van der Waals surface area contributed by atoms with Gasteiger partial charge in [-0.05, 0) is 25.8 Å². The molecule has 104 valence electrons. The van der Waals surface area contributed by atoms with Crippen molar-refractivity contribution in [2.45, 2.75) is 44.8 Å². The molecule has 2 aliphatic rings. The first-order valence-electron chi connectivity index (χ1n) is 7.12. The third kappa shape index (κ3) is 2.69. The molecule has 2 saturated heterocycles. The highest BCUT2D eigenvalue weighted by molar-refractivity contribution is 5.17. The molecule has 0 spiro atoms. The van der Waals surface area contributed by atoms with Crippen LogP contribution >= 0.6 is 0 Å². The normalized spacial score (nSPS) is 27.4. The van der Waals surface area contributed by atoms with Gasteiger partial charge in [-0.25, -0.2) is 4.98 Å². The van der Waals surface area contributed by atoms with Crippen LogP contribution in [0.25, 0.3) is 0 Å². The predicted molar refractivity (Wildman–Crippen MR) is 71.5 cm³/mol. The Morgan fingerprint density at radius 1 is 1.37 bits per heavy atom. The van der Waals surface area contributed by atoms with E-state index in [0.29, 0.717) is 17.8 Å². The highest BCUT2D eigenvalue weighted by Gasteiger charge is 2.34. The lowest BCUT2D eigenvalue weighted by atomic mass is 10.2. The Bertz CT molecular complexity index is 453. The minimum atomic E-state index is -0.0599. The summed E-state index contributed by atoms with van der Waals surface area (Å²) >= 11 is 0. The number of rotatable bonds is 3. The Morgan fingerprint density at radius 3 is 3.11 bits per heavy atom. The van der Waals surface area contributed by atoms with Gasteiger partial charge in [0.2, 0.25) is 5.95 Å². The maximum absolute atomic E-state index is 5.92. The van der Waals surface area contributed by atoms with E-state index >= 15 is 0 Å². The first-order valence-corrected chi connectivity index (χ1v) is 7.12. The van der Waals surface area contributed by atoms with Gasteiger partial charge in [0, 0.05) is 19.0 Å². The van der Waals surface area contributed by atoms with E-state index in [1.807, 2.05) is 0 Å². The number of nitrogens with two attached hydrogens (primary N) is 1. The van der Waals surface area contributed by atoms with Crippen molar-refractivity contribution in [3.63, 3.8) is 0 Å². The second-order valence-electron chi connectivity index (χ2n) is 5.33. The zero-order valence-corrected chi connectivity index (χ0v) is 11.4. The van der Waals surface area contributed by atoms with E-state index in [2.05, 4.69) is 26.8 Å². The van der Waals surface area contributed by atoms with Gasteiger partial charge < -0.3 is 10.5 Å². The van der Waals surface area contributed by atoms with Crippen molar-refractivity contribution in [1.82, 2.24) is 19.9 Å². The van der Waals surface area contributed by atoms with E-state index in [9.17, 15) is 0 Å². The summed E-state index contributed by atoms with van der Waals surface area (Å²) in [6.07, 6.45) is 4.28. The highest BCUT2D eigenvalue weighted by atomic mass is 16.5. The molecule has 1 aromatic heterocycles. The molecule has 0 saturated carbocycles. The second-order valence-corrected chi connectivity index (χ2v) is 5.33. The zero-order chi connectivity index (χ0) is 13.2. The number of nitrogen functional groups attached to an aromatic ring is 1. The van der Waals surface area contributed by atoms with Crippen LogP contribution < -0.4 is 5.73 Å². The summed E-state index contributed by atoms with van der Waals surface area (Å²) in [6, 6.07) is 0.588. The van der Waals surface area contributed by atoms with Gasteiger partial charge in [0.1, 0.15) is 11.9 Å². The molecule has 2 fully saturated rings. The van der Waals surface area contributed by atoms with Gasteiger partial charge in [0.05, 0.1) is 6.61 Å². The minimum Gasteiger partial charge on any atom is -0.368 e. The molecule has 2 atom stereocenters. The zero-order valence-electron chi connectivity index (χ0n) is 11.4. The number of anilines is 1. The summed E-state index contributed by atoms with van der Waals surface area (Å²) in [5.41, 5.74) is 5.77. The van der Waals surface area contributed by atoms with Gasteiger partial charge >= 0.3 is 0 Å². The van der Waals surface area contributed by atoms with Crippen LogP contribution in [0.1, 0.15) is 43.9 Å². The number of hydrogen-bond donors (Lipinski definition) is 1. The van der Waals surface area contributed by atoms with Crippen molar-refractivity contribution in [2.24, 2.45) is 0 Å². The Kier molecular flexibility index (Phi) is 3.61. The lowest BCUT2D eigenvalue weighted by Gasteiger charge is -2.34. The van der Waals surface area contributed by atoms with Crippen LogP contribution in [0, 0.1) is 0 Å². The van der Waals surface area contributed by atoms with Crippen molar-refractivity contribution < 1.29 is 4.74 Å². The molecule has 0 amide bonds. The molecule has 3 heterocycles. The molecule has 6 nitrogen and oxygen atoms in total. The molecule has 6 heteroatoms. The summed E-state index contributed by atoms with van der Waals surface area (Å²) < 4.78 is 5.92. The van der Waals surface area contributed by atoms with Crippen LogP contribution in [0.15, 0.2) is 0 Å². The number of aromatic nitrogens is 3. The molecule has 19 heavy (non-hydrogen) atoms. The van der Waals surface area contributed by atoms with E-state index in [0.717, 1.165) is 38.4 Å². The first-order chi connectivity index (χ1) is 9.26. The van der Waals surface area contributed by atoms with Gasteiger partial charge in [0.25, 0.3) is 0 Å². The molecule has 0 aliphatic carbocycles. The van der Waals surface area contributed by atoms with E-state index in [1.165, 1.54) is 12.8 Å². The number of hydrogen-bond acceptors (Lipinski definition) is 6. The largest absolute Gasteiger partial charge is 0.368 e. The fourth-order valence-corrected chi connectivity index (χ4v) is 2.91. The summed E-state index contributed by atoms with van der Waals surface area (Å²) in [4.78, 5) is 15.4. The summed E-state index contributed by atoms with van der Waals surface area (Å²) in [5, 5.41) is 0. The lowest BCUT2D eigenvalue weighted by Crippen LogP contribution is -2.43. The molecule has 0 aromatic carbocycles. The second kappa shape index (κ2) is 5.38. The fraction of sp³-hybridized carbons (Fsp3) is 0.769. The molecular formula is C13H21N5O. The van der Waals surface area contributed by atoms with Gasteiger partial charge in [-0.2, -0.15) is 9.97 Å². The molecule has 2 N–H and O–H groups in total. The van der Waals surface area contributed by atoms with Crippen LogP contribution in [0.3, 0.4) is 0 Å². The quantitative estimate of drug-likeness (QED) is 0.874. The van der Waals surface area contributed by atoms with E-state index in [4.69, 9.17) is 10.5 Å². The molecule has 2 aliphatic heterocycles. The third-order valence-electron chi connectivity index (χ3n) is 3.87. The predicted octanol–water partition coefficient (Wildman–Crippen LogP) is 0.942. The van der Waals surface area contributed by atoms with Gasteiger partial charge in [0.15, 0.2) is 5.82 Å². The molecule has 3 rings (SSSR count). The van der Waals surface area contributed by atoms with E-state index in [1.54, 1.807) is 0 Å². The van der Waals surface area contributed by atoms with Crippen molar-refractivity contribution in [3.8, 4) is 0 Å². The number of fused-ring (bicyclic) bond motifs is 1. The Hall–Kier alpha value is -1.27. The maximum atomic E-state index is 5.92. The number of aryl methyl sites for hydroxylation is 1. The van der Waals surface area contributed by atoms with Crippen LogP contribution in [0.5, 0.6) is 0 Å². The Balaban J connectivity index is 1.77. The monoisotopic (exact) mass is 263 g/mol. The van der Waals surface area contributed by atoms with Gasteiger partial charge in [-0.15, -0.1) is 0 Å². The average molecular weight is 263 g/mol. The van der Waals surface area contributed by atoms with Crippen LogP contribution in [-0.4, -0.2) is 45.6 Å². The topological polar surface area (TPSA) is 77.2 Å². The molecule has 2 unspecified atom stereocenters. The van der Waals surface area contributed by atoms with Crippen molar-refractivity contribution in [3.05, 3.63) is 11.6 Å². The Labute approximate surface area is 113 Å². The van der Waals surface area contributed by atoms with Crippen LogP contribution in [-0.2, 0) is 11.2 Å². The van der Waals surface area contributed by atoms with E-state index in [-0.39, 0.29) is 6.10 Å². The first kappa shape index (κ1) is 12.7. The SMILES string of the molecule is CCCc1nc(N)nc(C2CN3CCCC3CO2)n1. The number of nitrogens with zero attached hydrogens (tertiary/aromatic N) is 4. The van der Waals surface area contributed by atoms with Crippen LogP contribution in [0.4, 0.5) is 5.95 Å². The molecular weight excluding hydrogens is 242 g/mol. The fourth-order valence-electron chi connectivity index (χ4n) is 2.91. The average Bonchev–Trinajstić information content (AvgIpc) is 2.85. The summed E-state index contributed by atoms with van der Waals surface area (Å²) in [7, 11) is 0. The van der Waals surface area contributed by atoms with Gasteiger partial charge in [-0.3, -0.25) is 4.90 Å². The number of morpholine rings is 1. The van der Waals surface area contributed by atoms with Gasteiger partial charge in [-0.1, -0.05) is 6.92 Å². The standard InChI is InChI=1S/C13H21N5O/c1-2-4-11-15-12(17-13(14)16-11)10-7-18-6-3-5-9(18)8-19-10/h9-10H,2-8H2,1H3,(H2,14,15,16,17). The smallest absolute Gasteiger partial charge is 0.223 e.